The molecule has 190 valence electrons. The molecule has 9 unspecified atom stereocenters. The van der Waals surface area contributed by atoms with Crippen molar-refractivity contribution in [1.82, 2.24) is 37.2 Å². The third kappa shape index (κ3) is 7.26. The Morgan fingerprint density at radius 1 is 0.909 bits per heavy atom. The molecule has 33 heavy (non-hydrogen) atoms. The number of carbonyl (C=O) groups is 1. The van der Waals surface area contributed by atoms with E-state index in [2.05, 4.69) is 51.1 Å². The van der Waals surface area contributed by atoms with Gasteiger partial charge in [-0.15, -0.1) is 0 Å². The average molecular weight is 466 g/mol. The van der Waals surface area contributed by atoms with Crippen LogP contribution in [0, 0.1) is 11.8 Å². The standard InChI is InChI=1S/C24H47N7O2/c1-15-4-5-18(28-24(32)29-19-6-8-26-16(2)10-19)12-22(15)31-23-27-9-7-21(30-23)17-11-20(33-3)14-25-13-17/h15-23,25-27,30-31H,4-14H2,1-3H3,(H2,28,29,32). The molecule has 0 aromatic rings. The Bertz CT molecular complexity index is 624. The van der Waals surface area contributed by atoms with Crippen LogP contribution in [-0.2, 0) is 4.74 Å². The van der Waals surface area contributed by atoms with Crippen LogP contribution in [0.15, 0.2) is 0 Å². The molecule has 1 aliphatic carbocycles. The van der Waals surface area contributed by atoms with Crippen LogP contribution in [0.2, 0.25) is 0 Å². The number of rotatable bonds is 6. The lowest BCUT2D eigenvalue weighted by atomic mass is 9.82. The van der Waals surface area contributed by atoms with Crippen molar-refractivity contribution in [2.24, 2.45) is 11.8 Å². The summed E-state index contributed by atoms with van der Waals surface area (Å²) < 4.78 is 5.61. The van der Waals surface area contributed by atoms with Gasteiger partial charge in [-0.3, -0.25) is 16.0 Å². The highest BCUT2D eigenvalue weighted by molar-refractivity contribution is 5.74. The normalized spacial score (nSPS) is 42.5. The largest absolute Gasteiger partial charge is 0.380 e. The van der Waals surface area contributed by atoms with Gasteiger partial charge in [-0.25, -0.2) is 4.79 Å². The molecule has 0 aromatic carbocycles. The summed E-state index contributed by atoms with van der Waals surface area (Å²) in [6.07, 6.45) is 7.84. The van der Waals surface area contributed by atoms with Gasteiger partial charge in [0.15, 0.2) is 0 Å². The summed E-state index contributed by atoms with van der Waals surface area (Å²) >= 11 is 0. The molecular weight excluding hydrogens is 418 g/mol. The second kappa shape index (κ2) is 12.1. The summed E-state index contributed by atoms with van der Waals surface area (Å²) in [5.74, 6) is 1.18. The number of hydrogen-bond donors (Lipinski definition) is 7. The van der Waals surface area contributed by atoms with E-state index < -0.39 is 0 Å². The van der Waals surface area contributed by atoms with Crippen LogP contribution in [-0.4, -0.2) is 81.9 Å². The van der Waals surface area contributed by atoms with Gasteiger partial charge >= 0.3 is 6.03 Å². The molecule has 4 aliphatic rings. The molecule has 2 amide bonds. The molecule has 4 rings (SSSR count). The zero-order chi connectivity index (χ0) is 23.2. The molecule has 0 radical (unpaired) electrons. The molecule has 9 atom stereocenters. The smallest absolute Gasteiger partial charge is 0.315 e. The van der Waals surface area contributed by atoms with Crippen molar-refractivity contribution in [3.05, 3.63) is 0 Å². The van der Waals surface area contributed by atoms with Crippen molar-refractivity contribution in [2.75, 3.05) is 33.3 Å². The molecule has 1 saturated carbocycles. The molecule has 9 nitrogen and oxygen atoms in total. The fourth-order valence-corrected chi connectivity index (χ4v) is 6.21. The van der Waals surface area contributed by atoms with Gasteiger partial charge in [-0.2, -0.15) is 0 Å². The van der Waals surface area contributed by atoms with E-state index in [1.165, 1.54) is 0 Å². The fraction of sp³-hybridized carbons (Fsp3) is 0.958. The summed E-state index contributed by atoms with van der Waals surface area (Å²) in [6.45, 7) is 8.52. The van der Waals surface area contributed by atoms with Gasteiger partial charge in [0.05, 0.1) is 6.10 Å². The highest BCUT2D eigenvalue weighted by Crippen LogP contribution is 2.26. The molecule has 3 saturated heterocycles. The first-order chi connectivity index (χ1) is 16.0. The predicted molar refractivity (Wildman–Crippen MR) is 131 cm³/mol. The van der Waals surface area contributed by atoms with E-state index in [0.717, 1.165) is 71.1 Å². The van der Waals surface area contributed by atoms with E-state index in [4.69, 9.17) is 4.74 Å². The van der Waals surface area contributed by atoms with Gasteiger partial charge < -0.3 is 26.0 Å². The number of urea groups is 1. The topological polar surface area (TPSA) is 111 Å². The van der Waals surface area contributed by atoms with Gasteiger partial charge in [-0.05, 0) is 83.3 Å². The lowest BCUT2D eigenvalue weighted by Crippen LogP contribution is -2.66. The lowest BCUT2D eigenvalue weighted by molar-refractivity contribution is 0.0447. The average Bonchev–Trinajstić information content (AvgIpc) is 2.81. The Labute approximate surface area is 199 Å². The first kappa shape index (κ1) is 25.1. The third-order valence-corrected chi connectivity index (χ3v) is 8.30. The number of amides is 2. The Morgan fingerprint density at radius 2 is 1.70 bits per heavy atom. The molecule has 0 spiro atoms. The minimum atomic E-state index is -0.00104. The van der Waals surface area contributed by atoms with E-state index in [-0.39, 0.29) is 24.4 Å². The minimum absolute atomic E-state index is 0.00104. The summed E-state index contributed by atoms with van der Waals surface area (Å²) in [6, 6.07) is 1.83. The molecule has 4 fully saturated rings. The highest BCUT2D eigenvalue weighted by atomic mass is 16.5. The van der Waals surface area contributed by atoms with Crippen molar-refractivity contribution >= 4 is 6.03 Å². The van der Waals surface area contributed by atoms with Crippen LogP contribution in [0.1, 0.15) is 58.8 Å². The predicted octanol–water partition coefficient (Wildman–Crippen LogP) is 0.433. The first-order valence-corrected chi connectivity index (χ1v) is 13.3. The van der Waals surface area contributed by atoms with Crippen LogP contribution >= 0.6 is 0 Å². The summed E-state index contributed by atoms with van der Waals surface area (Å²) in [5, 5.41) is 24.7. The van der Waals surface area contributed by atoms with Crippen molar-refractivity contribution in [1.29, 1.82) is 0 Å². The second-order valence-electron chi connectivity index (χ2n) is 10.9. The van der Waals surface area contributed by atoms with E-state index in [1.807, 2.05) is 7.11 Å². The van der Waals surface area contributed by atoms with Crippen molar-refractivity contribution in [3.8, 4) is 0 Å². The van der Waals surface area contributed by atoms with Crippen LogP contribution in [0.5, 0.6) is 0 Å². The second-order valence-corrected chi connectivity index (χ2v) is 10.9. The van der Waals surface area contributed by atoms with E-state index in [9.17, 15) is 4.79 Å². The maximum atomic E-state index is 12.6. The van der Waals surface area contributed by atoms with E-state index in [1.54, 1.807) is 0 Å². The first-order valence-electron chi connectivity index (χ1n) is 13.3. The van der Waals surface area contributed by atoms with Gasteiger partial charge in [0, 0.05) is 43.9 Å². The Hall–Kier alpha value is -0.970. The van der Waals surface area contributed by atoms with Gasteiger partial charge in [0.1, 0.15) is 6.29 Å². The Balaban J connectivity index is 1.23. The van der Waals surface area contributed by atoms with Gasteiger partial charge in [-0.1, -0.05) is 6.92 Å². The van der Waals surface area contributed by atoms with E-state index >= 15 is 0 Å². The van der Waals surface area contributed by atoms with Crippen LogP contribution in [0.4, 0.5) is 4.79 Å². The zero-order valence-electron chi connectivity index (χ0n) is 20.8. The SMILES string of the molecule is COC1CNCC(C2CCNC(NC3CC(NC(=O)NC4CCNC(C)C4)CCC3C)N2)C1. The molecule has 0 aromatic heterocycles. The Kier molecular flexibility index (Phi) is 9.24. The molecule has 7 N–H and O–H groups in total. The molecule has 3 heterocycles. The summed E-state index contributed by atoms with van der Waals surface area (Å²) in [5.41, 5.74) is 0. The number of nitrogens with one attached hydrogen (secondary N) is 7. The molecular formula is C24H47N7O2. The van der Waals surface area contributed by atoms with Gasteiger partial charge in [0.2, 0.25) is 0 Å². The maximum Gasteiger partial charge on any atom is 0.315 e. The van der Waals surface area contributed by atoms with Crippen molar-refractivity contribution in [3.63, 3.8) is 0 Å². The van der Waals surface area contributed by atoms with Crippen LogP contribution in [0.3, 0.4) is 0 Å². The van der Waals surface area contributed by atoms with Crippen molar-refractivity contribution < 1.29 is 9.53 Å². The maximum absolute atomic E-state index is 12.6. The minimum Gasteiger partial charge on any atom is -0.380 e. The lowest BCUT2D eigenvalue weighted by Gasteiger charge is -2.43. The van der Waals surface area contributed by atoms with E-state index in [0.29, 0.717) is 36.1 Å². The third-order valence-electron chi connectivity index (χ3n) is 8.30. The molecule has 0 bridgehead atoms. The highest BCUT2D eigenvalue weighted by Gasteiger charge is 2.35. The quantitative estimate of drug-likeness (QED) is 0.305. The summed E-state index contributed by atoms with van der Waals surface area (Å²) in [4.78, 5) is 12.6. The zero-order valence-corrected chi connectivity index (χ0v) is 20.8. The number of piperidine rings is 2. The number of methoxy groups -OCH3 is 1. The number of ether oxygens (including phenoxy) is 1. The number of carbonyl (C=O) groups excluding carboxylic acids is 1. The monoisotopic (exact) mass is 465 g/mol. The van der Waals surface area contributed by atoms with Gasteiger partial charge in [0.25, 0.3) is 0 Å². The molecule has 3 aliphatic heterocycles. The van der Waals surface area contributed by atoms with Crippen molar-refractivity contribution in [2.45, 2.75) is 101 Å². The van der Waals surface area contributed by atoms with Crippen LogP contribution in [0.25, 0.3) is 0 Å². The summed E-state index contributed by atoms with van der Waals surface area (Å²) in [7, 11) is 1.82. The number of hydrogen-bond acceptors (Lipinski definition) is 7. The molecule has 9 heteroatoms. The Morgan fingerprint density at radius 3 is 2.48 bits per heavy atom. The van der Waals surface area contributed by atoms with Crippen LogP contribution < -0.4 is 37.2 Å². The fourth-order valence-electron chi connectivity index (χ4n) is 6.21.